The highest BCUT2D eigenvalue weighted by Gasteiger charge is 2.29. The lowest BCUT2D eigenvalue weighted by Gasteiger charge is -2.33. The zero-order chi connectivity index (χ0) is 6.81. The van der Waals surface area contributed by atoms with Gasteiger partial charge < -0.3 is 5.32 Å². The Morgan fingerprint density at radius 3 is 2.60 bits per heavy atom. The smallest absolute Gasteiger partial charge is 0.0887 e. The maximum absolute atomic E-state index is 2.59. The summed E-state index contributed by atoms with van der Waals surface area (Å²) in [4.78, 5) is 0. The zero-order valence-corrected chi connectivity index (χ0v) is 6.68. The van der Waals surface area contributed by atoms with Gasteiger partial charge in [0.05, 0.1) is 12.6 Å². The average molecular weight is 140 g/mol. The van der Waals surface area contributed by atoms with Gasteiger partial charge in [-0.25, -0.2) is 0 Å². The van der Waals surface area contributed by atoms with E-state index in [-0.39, 0.29) is 0 Å². The second kappa shape index (κ2) is 2.91. The van der Waals surface area contributed by atoms with Gasteiger partial charge in [0.2, 0.25) is 0 Å². The number of hydrogen-bond donors (Lipinski definition) is 1. The van der Waals surface area contributed by atoms with E-state index in [2.05, 4.69) is 5.32 Å². The van der Waals surface area contributed by atoms with Crippen LogP contribution >= 0.6 is 0 Å². The van der Waals surface area contributed by atoms with Gasteiger partial charge in [-0.2, -0.15) is 0 Å². The van der Waals surface area contributed by atoms with Crippen LogP contribution in [0.5, 0.6) is 0 Å². The lowest BCUT2D eigenvalue weighted by atomic mass is 9.80. The maximum atomic E-state index is 2.59. The van der Waals surface area contributed by atoms with Crippen LogP contribution in [-0.4, -0.2) is 12.6 Å². The first-order valence-electron chi connectivity index (χ1n) is 4.80. The Labute approximate surface area is 63.2 Å². The molecule has 0 unspecified atom stereocenters. The van der Waals surface area contributed by atoms with Crippen LogP contribution in [0.2, 0.25) is 0 Å². The summed E-state index contributed by atoms with van der Waals surface area (Å²) >= 11 is 0. The molecule has 1 saturated heterocycles. The van der Waals surface area contributed by atoms with Crippen LogP contribution in [-0.2, 0) is 0 Å². The van der Waals surface area contributed by atoms with Gasteiger partial charge in [-0.15, -0.1) is 0 Å². The minimum absolute atomic E-state index is 1.03. The lowest BCUT2D eigenvalue weighted by molar-refractivity contribution is -0.706. The van der Waals surface area contributed by atoms with Crippen molar-refractivity contribution in [3.05, 3.63) is 0 Å². The zero-order valence-electron chi connectivity index (χ0n) is 6.68. The quantitative estimate of drug-likeness (QED) is 0.515. The number of rotatable bonds is 0. The van der Waals surface area contributed by atoms with Crippen LogP contribution in [0.3, 0.4) is 0 Å². The van der Waals surface area contributed by atoms with E-state index in [1.165, 1.54) is 45.1 Å². The van der Waals surface area contributed by atoms with Crippen LogP contribution in [0, 0.1) is 5.92 Å². The van der Waals surface area contributed by atoms with Gasteiger partial charge >= 0.3 is 0 Å². The molecule has 2 aliphatic rings. The third-order valence-corrected chi connectivity index (χ3v) is 3.22. The molecule has 1 heterocycles. The van der Waals surface area contributed by atoms with Crippen LogP contribution < -0.4 is 5.32 Å². The number of piperidine rings is 1. The second-order valence-corrected chi connectivity index (χ2v) is 3.87. The van der Waals surface area contributed by atoms with E-state index in [0.717, 1.165) is 12.0 Å². The van der Waals surface area contributed by atoms with Crippen molar-refractivity contribution in [3.8, 4) is 0 Å². The van der Waals surface area contributed by atoms with E-state index in [1.54, 1.807) is 0 Å². The largest absolute Gasteiger partial charge is 0.344 e. The average Bonchev–Trinajstić information content (AvgIpc) is 2.05. The standard InChI is InChI=1S/C9H17N/c1-2-6-9-8(4-1)5-3-7-10-9/h8-10H,1-7H2/p+1/t8-,9-/m1/s1. The fourth-order valence-electron chi connectivity index (χ4n) is 2.62. The third kappa shape index (κ3) is 1.20. The molecule has 2 fully saturated rings. The summed E-state index contributed by atoms with van der Waals surface area (Å²) in [6.45, 7) is 1.40. The molecule has 0 aromatic carbocycles. The van der Waals surface area contributed by atoms with Crippen molar-refractivity contribution in [1.29, 1.82) is 0 Å². The number of hydrogen-bond acceptors (Lipinski definition) is 0. The molecule has 0 spiro atoms. The molecular formula is C9H18N+. The normalized spacial score (nSPS) is 40.8. The molecule has 58 valence electrons. The van der Waals surface area contributed by atoms with Crippen molar-refractivity contribution in [2.24, 2.45) is 5.92 Å². The van der Waals surface area contributed by atoms with Crippen molar-refractivity contribution in [3.63, 3.8) is 0 Å². The Balaban J connectivity index is 1.93. The fourth-order valence-corrected chi connectivity index (χ4v) is 2.62. The summed E-state index contributed by atoms with van der Waals surface area (Å²) in [7, 11) is 0. The highest BCUT2D eigenvalue weighted by Crippen LogP contribution is 2.27. The highest BCUT2D eigenvalue weighted by atomic mass is 14.9. The summed E-state index contributed by atoms with van der Waals surface area (Å²) in [5.41, 5.74) is 0. The van der Waals surface area contributed by atoms with E-state index >= 15 is 0 Å². The van der Waals surface area contributed by atoms with Crippen molar-refractivity contribution in [1.82, 2.24) is 0 Å². The molecule has 2 atom stereocenters. The van der Waals surface area contributed by atoms with Gasteiger partial charge in [0.25, 0.3) is 0 Å². The first-order valence-corrected chi connectivity index (χ1v) is 4.80. The van der Waals surface area contributed by atoms with Gasteiger partial charge in [-0.1, -0.05) is 6.42 Å². The third-order valence-electron chi connectivity index (χ3n) is 3.22. The second-order valence-electron chi connectivity index (χ2n) is 3.87. The number of nitrogens with two attached hydrogens (primary N) is 1. The molecule has 10 heavy (non-hydrogen) atoms. The molecule has 1 heteroatoms. The summed E-state index contributed by atoms with van der Waals surface area (Å²) < 4.78 is 0. The molecular weight excluding hydrogens is 122 g/mol. The Morgan fingerprint density at radius 2 is 1.70 bits per heavy atom. The Morgan fingerprint density at radius 1 is 0.900 bits per heavy atom. The minimum atomic E-state index is 1.03. The summed E-state index contributed by atoms with van der Waals surface area (Å²) in [6, 6.07) is 1.03. The Hall–Kier alpha value is -0.0400. The predicted octanol–water partition coefficient (Wildman–Crippen LogP) is 0.902. The molecule has 0 amide bonds. The monoisotopic (exact) mass is 140 g/mol. The Kier molecular flexibility index (Phi) is 1.94. The summed E-state index contributed by atoms with van der Waals surface area (Å²) in [6.07, 6.45) is 9.04. The van der Waals surface area contributed by atoms with Crippen LogP contribution in [0.4, 0.5) is 0 Å². The lowest BCUT2D eigenvalue weighted by Crippen LogP contribution is -2.93. The van der Waals surface area contributed by atoms with Crippen LogP contribution in [0.1, 0.15) is 38.5 Å². The Bertz CT molecular complexity index is 85.3. The van der Waals surface area contributed by atoms with E-state index < -0.39 is 0 Å². The van der Waals surface area contributed by atoms with Crippen molar-refractivity contribution >= 4 is 0 Å². The molecule has 0 aromatic rings. The molecule has 1 saturated carbocycles. The van der Waals surface area contributed by atoms with Gasteiger partial charge in [0.1, 0.15) is 0 Å². The van der Waals surface area contributed by atoms with E-state index in [4.69, 9.17) is 0 Å². The molecule has 0 radical (unpaired) electrons. The van der Waals surface area contributed by atoms with E-state index in [9.17, 15) is 0 Å². The van der Waals surface area contributed by atoms with Crippen LogP contribution in [0.25, 0.3) is 0 Å². The molecule has 1 aliphatic heterocycles. The van der Waals surface area contributed by atoms with E-state index in [1.807, 2.05) is 0 Å². The number of quaternary nitrogens is 1. The predicted molar refractivity (Wildman–Crippen MR) is 41.8 cm³/mol. The molecule has 2 rings (SSSR count). The van der Waals surface area contributed by atoms with Crippen LogP contribution in [0.15, 0.2) is 0 Å². The number of fused-ring (bicyclic) bond motifs is 1. The van der Waals surface area contributed by atoms with E-state index in [0.29, 0.717) is 0 Å². The fraction of sp³-hybridized carbons (Fsp3) is 1.00. The molecule has 1 aliphatic carbocycles. The van der Waals surface area contributed by atoms with Crippen molar-refractivity contribution in [2.75, 3.05) is 6.54 Å². The first-order chi connectivity index (χ1) is 4.97. The van der Waals surface area contributed by atoms with Gasteiger partial charge in [0.15, 0.2) is 0 Å². The highest BCUT2D eigenvalue weighted by molar-refractivity contribution is 4.75. The van der Waals surface area contributed by atoms with Gasteiger partial charge in [0, 0.05) is 5.92 Å². The maximum Gasteiger partial charge on any atom is 0.0887 e. The molecule has 1 nitrogen and oxygen atoms in total. The van der Waals surface area contributed by atoms with Gasteiger partial charge in [-0.3, -0.25) is 0 Å². The molecule has 0 aromatic heterocycles. The summed E-state index contributed by atoms with van der Waals surface area (Å²) in [5, 5.41) is 2.59. The molecule has 2 N–H and O–H groups in total. The summed E-state index contributed by atoms with van der Waals surface area (Å²) in [5.74, 6) is 1.10. The first kappa shape index (κ1) is 6.66. The minimum Gasteiger partial charge on any atom is -0.344 e. The topological polar surface area (TPSA) is 16.6 Å². The van der Waals surface area contributed by atoms with Crippen molar-refractivity contribution in [2.45, 2.75) is 44.6 Å². The SMILES string of the molecule is C1CC[C@H]2[NH2+]CCC[C@H]2C1. The van der Waals surface area contributed by atoms with Crippen molar-refractivity contribution < 1.29 is 5.32 Å². The van der Waals surface area contributed by atoms with Gasteiger partial charge in [-0.05, 0) is 32.1 Å². The molecule has 0 bridgehead atoms.